The van der Waals surface area contributed by atoms with Gasteiger partial charge in [0, 0.05) is 23.5 Å². The van der Waals surface area contributed by atoms with Gasteiger partial charge in [0.25, 0.3) is 0 Å². The Hall–Kier alpha value is -2.42. The molecule has 1 atom stereocenters. The highest BCUT2D eigenvalue weighted by Gasteiger charge is 2.16. The van der Waals surface area contributed by atoms with Crippen LogP contribution in [0.3, 0.4) is 0 Å². The maximum Gasteiger partial charge on any atom is 0.211 e. The highest BCUT2D eigenvalue weighted by atomic mass is 35.5. The van der Waals surface area contributed by atoms with E-state index in [9.17, 15) is 0 Å². The summed E-state index contributed by atoms with van der Waals surface area (Å²) in [6.45, 7) is 4.47. The second-order valence-corrected chi connectivity index (χ2v) is 8.10. The van der Waals surface area contributed by atoms with E-state index in [1.54, 1.807) is 10.9 Å². The lowest BCUT2D eigenvalue weighted by Crippen LogP contribution is -2.07. The Morgan fingerprint density at radius 1 is 1.11 bits per heavy atom. The van der Waals surface area contributed by atoms with Crippen LogP contribution < -0.4 is 5.32 Å². The van der Waals surface area contributed by atoms with Gasteiger partial charge in [-0.2, -0.15) is 10.2 Å². The van der Waals surface area contributed by atoms with Gasteiger partial charge in [0.15, 0.2) is 5.82 Å². The van der Waals surface area contributed by atoms with Gasteiger partial charge in [-0.1, -0.05) is 52.7 Å². The first-order chi connectivity index (χ1) is 13.5. The van der Waals surface area contributed by atoms with E-state index >= 15 is 0 Å². The molecular weight excluding hydrogens is 417 g/mol. The lowest BCUT2D eigenvalue weighted by molar-refractivity contribution is 0.554. The van der Waals surface area contributed by atoms with E-state index in [1.807, 2.05) is 55.1 Å². The Labute approximate surface area is 175 Å². The largest absolute Gasteiger partial charge is 0.313 e. The molecule has 0 radical (unpaired) electrons. The molecule has 10 heteroatoms. The molecule has 0 fully saturated rings. The number of hydrogen-bond acceptors (Lipinski definition) is 6. The minimum Gasteiger partial charge on any atom is -0.313 e. The summed E-state index contributed by atoms with van der Waals surface area (Å²) in [7, 11) is 0. The maximum atomic E-state index is 6.22. The van der Waals surface area contributed by atoms with Gasteiger partial charge in [0.1, 0.15) is 11.0 Å². The summed E-state index contributed by atoms with van der Waals surface area (Å²) in [6, 6.07) is 9.56. The normalized spacial score (nSPS) is 12.3. The van der Waals surface area contributed by atoms with Crippen LogP contribution in [0.25, 0.3) is 0 Å². The smallest absolute Gasteiger partial charge is 0.211 e. The maximum absolute atomic E-state index is 6.22. The minimum atomic E-state index is -0.0583. The van der Waals surface area contributed by atoms with Crippen LogP contribution in [0.15, 0.2) is 42.7 Å². The van der Waals surface area contributed by atoms with Crippen molar-refractivity contribution < 1.29 is 0 Å². The summed E-state index contributed by atoms with van der Waals surface area (Å²) in [4.78, 5) is 0. The van der Waals surface area contributed by atoms with Crippen molar-refractivity contribution >= 4 is 45.5 Å². The number of hydrogen-bond donors (Lipinski definition) is 1. The Balaban J connectivity index is 1.44. The second-order valence-electron chi connectivity index (χ2n) is 6.28. The van der Waals surface area contributed by atoms with Crippen LogP contribution >= 0.6 is 34.5 Å². The van der Waals surface area contributed by atoms with Crippen molar-refractivity contribution in [3.8, 4) is 0 Å². The van der Waals surface area contributed by atoms with Crippen molar-refractivity contribution in [2.24, 2.45) is 0 Å². The predicted octanol–water partition coefficient (Wildman–Crippen LogP) is 4.95. The molecule has 0 saturated heterocycles. The van der Waals surface area contributed by atoms with E-state index in [1.165, 1.54) is 11.3 Å². The van der Waals surface area contributed by atoms with Gasteiger partial charge in [0.2, 0.25) is 5.13 Å². The van der Waals surface area contributed by atoms with E-state index in [-0.39, 0.29) is 6.04 Å². The second kappa shape index (κ2) is 7.90. The Morgan fingerprint density at radius 3 is 2.68 bits per heavy atom. The molecule has 3 heterocycles. The molecule has 0 aliphatic carbocycles. The van der Waals surface area contributed by atoms with Crippen LogP contribution in [-0.2, 0) is 6.54 Å². The zero-order valence-electron chi connectivity index (χ0n) is 15.2. The summed E-state index contributed by atoms with van der Waals surface area (Å²) >= 11 is 13.8. The summed E-state index contributed by atoms with van der Waals surface area (Å²) < 4.78 is 3.61. The monoisotopic (exact) mass is 433 g/mol. The van der Waals surface area contributed by atoms with Gasteiger partial charge in [-0.3, -0.25) is 9.36 Å². The van der Waals surface area contributed by atoms with Gasteiger partial charge in [-0.25, -0.2) is 0 Å². The van der Waals surface area contributed by atoms with Crippen molar-refractivity contribution in [2.75, 3.05) is 5.32 Å². The van der Waals surface area contributed by atoms with Crippen LogP contribution in [0.1, 0.15) is 29.2 Å². The van der Waals surface area contributed by atoms with Gasteiger partial charge in [-0.05, 0) is 25.5 Å². The molecular formula is C18H17Cl2N7S. The molecule has 0 unspecified atom stereocenters. The average Bonchev–Trinajstić information content (AvgIpc) is 3.39. The average molecular weight is 434 g/mol. The van der Waals surface area contributed by atoms with Crippen LogP contribution in [0.5, 0.6) is 0 Å². The highest BCUT2D eigenvalue weighted by molar-refractivity contribution is 7.15. The quantitative estimate of drug-likeness (QED) is 0.465. The molecule has 0 aliphatic heterocycles. The minimum absolute atomic E-state index is 0.0583. The van der Waals surface area contributed by atoms with Crippen LogP contribution in [-0.4, -0.2) is 29.8 Å². The first-order valence-electron chi connectivity index (χ1n) is 8.58. The van der Waals surface area contributed by atoms with Gasteiger partial charge >= 0.3 is 0 Å². The molecule has 0 amide bonds. The fourth-order valence-electron chi connectivity index (χ4n) is 2.65. The lowest BCUT2D eigenvalue weighted by Gasteiger charge is -2.07. The first kappa shape index (κ1) is 18.9. The molecule has 144 valence electrons. The number of nitrogens with zero attached hydrogens (tertiary/aromatic N) is 6. The van der Waals surface area contributed by atoms with Crippen LogP contribution in [0, 0.1) is 6.92 Å². The molecule has 1 aromatic carbocycles. The summed E-state index contributed by atoms with van der Waals surface area (Å²) in [5, 5.41) is 23.5. The Bertz CT molecular complexity index is 1080. The number of benzene rings is 1. The molecule has 0 spiro atoms. The lowest BCUT2D eigenvalue weighted by atomic mass is 10.2. The van der Waals surface area contributed by atoms with E-state index < -0.39 is 0 Å². The molecule has 0 aliphatic rings. The van der Waals surface area contributed by atoms with E-state index in [0.717, 1.165) is 21.3 Å². The van der Waals surface area contributed by atoms with Crippen molar-refractivity contribution in [2.45, 2.75) is 26.4 Å². The molecule has 28 heavy (non-hydrogen) atoms. The standard InChI is InChI=1S/C18H17Cl2N7S/c1-11-15(20)10-27(24-11)12(2)17-22-23-18(28-17)21-16-7-8-26(25-16)9-13-5-3-4-6-14(13)19/h3-8,10,12H,9H2,1-2H3,(H,21,23,25)/t12-/m1/s1. The SMILES string of the molecule is Cc1nn([C@H](C)c2nnc(Nc3ccn(Cc4ccccc4Cl)n3)s2)cc1Cl. The molecule has 0 saturated carbocycles. The zero-order chi connectivity index (χ0) is 19.7. The van der Waals surface area contributed by atoms with E-state index in [2.05, 4.69) is 25.7 Å². The van der Waals surface area contributed by atoms with Crippen LogP contribution in [0.4, 0.5) is 10.9 Å². The summed E-state index contributed by atoms with van der Waals surface area (Å²) in [6.07, 6.45) is 3.69. The van der Waals surface area contributed by atoms with Crippen molar-refractivity contribution in [3.05, 3.63) is 69.0 Å². The molecule has 0 bridgehead atoms. The fourth-order valence-corrected chi connectivity index (χ4v) is 3.78. The number of anilines is 2. The van der Waals surface area contributed by atoms with E-state index in [0.29, 0.717) is 22.5 Å². The Morgan fingerprint density at radius 2 is 1.93 bits per heavy atom. The Kier molecular flexibility index (Phi) is 5.34. The van der Waals surface area contributed by atoms with E-state index in [4.69, 9.17) is 23.2 Å². The molecule has 3 aromatic heterocycles. The first-order valence-corrected chi connectivity index (χ1v) is 10.2. The van der Waals surface area contributed by atoms with Gasteiger partial charge in [0.05, 0.1) is 17.3 Å². The van der Waals surface area contributed by atoms with Gasteiger partial charge in [-0.15, -0.1) is 10.2 Å². The number of aryl methyl sites for hydroxylation is 1. The summed E-state index contributed by atoms with van der Waals surface area (Å²) in [5.41, 5.74) is 1.81. The number of rotatable bonds is 6. The third kappa shape index (κ3) is 4.04. The molecule has 1 N–H and O–H groups in total. The van der Waals surface area contributed by atoms with Crippen molar-refractivity contribution in [1.29, 1.82) is 0 Å². The number of aromatic nitrogens is 6. The highest BCUT2D eigenvalue weighted by Crippen LogP contribution is 2.27. The third-order valence-corrected chi connectivity index (χ3v) is 5.97. The molecule has 7 nitrogen and oxygen atoms in total. The van der Waals surface area contributed by atoms with Gasteiger partial charge < -0.3 is 5.32 Å². The topological polar surface area (TPSA) is 73.5 Å². The third-order valence-electron chi connectivity index (χ3n) is 4.22. The summed E-state index contributed by atoms with van der Waals surface area (Å²) in [5.74, 6) is 0.695. The fraction of sp³-hybridized carbons (Fsp3) is 0.222. The van der Waals surface area contributed by atoms with Crippen molar-refractivity contribution in [3.63, 3.8) is 0 Å². The number of nitrogens with one attached hydrogen (secondary N) is 1. The number of halogens is 2. The predicted molar refractivity (Wildman–Crippen MR) is 112 cm³/mol. The molecule has 4 rings (SSSR count). The zero-order valence-corrected chi connectivity index (χ0v) is 17.5. The van der Waals surface area contributed by atoms with Crippen LogP contribution in [0.2, 0.25) is 10.0 Å². The molecule has 4 aromatic rings. The van der Waals surface area contributed by atoms with Crippen molar-refractivity contribution in [1.82, 2.24) is 29.8 Å².